The Labute approximate surface area is 163 Å². The number of aromatic nitrogens is 2. The summed E-state index contributed by atoms with van der Waals surface area (Å²) in [6.07, 6.45) is -3.31. The Morgan fingerprint density at radius 2 is 1.97 bits per heavy atom. The number of fused-ring (bicyclic) bond motifs is 1. The summed E-state index contributed by atoms with van der Waals surface area (Å²) < 4.78 is 44.2. The van der Waals surface area contributed by atoms with Crippen LogP contribution in [0.15, 0.2) is 41.1 Å². The van der Waals surface area contributed by atoms with Crippen LogP contribution in [0.2, 0.25) is 0 Å². The molecule has 0 aliphatic heterocycles. The van der Waals surface area contributed by atoms with Gasteiger partial charge in [0, 0.05) is 12.7 Å². The molecule has 0 radical (unpaired) electrons. The van der Waals surface area contributed by atoms with Crippen LogP contribution in [0.1, 0.15) is 28.5 Å². The van der Waals surface area contributed by atoms with Crippen molar-refractivity contribution in [1.29, 1.82) is 0 Å². The van der Waals surface area contributed by atoms with Crippen molar-refractivity contribution in [1.82, 2.24) is 15.0 Å². The molecule has 2 aromatic heterocycles. The Hall–Kier alpha value is -3.43. The zero-order valence-corrected chi connectivity index (χ0v) is 15.6. The number of nitrogens with one attached hydrogen (secondary N) is 1. The first kappa shape index (κ1) is 20.3. The largest absolute Gasteiger partial charge is 0.418 e. The normalized spacial score (nSPS) is 11.5. The summed E-state index contributed by atoms with van der Waals surface area (Å²) >= 11 is 0. The minimum absolute atomic E-state index is 0.174. The number of carbonyl (C=O) groups excluding carboxylic acids is 2. The topological polar surface area (TPSA) is 88.3 Å². The van der Waals surface area contributed by atoms with Crippen molar-refractivity contribution in [3.63, 3.8) is 0 Å². The highest BCUT2D eigenvalue weighted by atomic mass is 19.4. The summed E-state index contributed by atoms with van der Waals surface area (Å²) in [7, 11) is 0. The van der Waals surface area contributed by atoms with Gasteiger partial charge < -0.3 is 14.7 Å². The van der Waals surface area contributed by atoms with Crippen molar-refractivity contribution < 1.29 is 27.3 Å². The van der Waals surface area contributed by atoms with Gasteiger partial charge in [0.15, 0.2) is 0 Å². The van der Waals surface area contributed by atoms with E-state index in [1.165, 1.54) is 23.2 Å². The molecular formula is C19H17F3N4O3. The smallest absolute Gasteiger partial charge is 0.336 e. The molecule has 0 saturated heterocycles. The summed E-state index contributed by atoms with van der Waals surface area (Å²) in [5.41, 5.74) is -0.263. The van der Waals surface area contributed by atoms with Crippen molar-refractivity contribution in [2.75, 3.05) is 18.4 Å². The Kier molecular flexibility index (Phi) is 5.53. The number of para-hydroxylation sites is 1. The van der Waals surface area contributed by atoms with E-state index in [9.17, 15) is 22.8 Å². The first-order valence-corrected chi connectivity index (χ1v) is 8.68. The van der Waals surface area contributed by atoms with Gasteiger partial charge in [-0.3, -0.25) is 9.59 Å². The van der Waals surface area contributed by atoms with Gasteiger partial charge in [-0.1, -0.05) is 17.3 Å². The number of hydrogen-bond donors (Lipinski definition) is 1. The van der Waals surface area contributed by atoms with Crippen LogP contribution in [-0.4, -0.2) is 39.9 Å². The lowest BCUT2D eigenvalue weighted by molar-refractivity contribution is -0.137. The fourth-order valence-corrected chi connectivity index (χ4v) is 2.77. The molecule has 3 aromatic rings. The number of likely N-dealkylation sites (N-methyl/N-ethyl adjacent to an activating group) is 1. The van der Waals surface area contributed by atoms with Gasteiger partial charge in [0.05, 0.1) is 27.9 Å². The molecule has 0 spiro atoms. The van der Waals surface area contributed by atoms with Crippen LogP contribution in [0.3, 0.4) is 0 Å². The second-order valence-electron chi connectivity index (χ2n) is 6.26. The Morgan fingerprint density at radius 3 is 2.66 bits per heavy atom. The molecule has 0 aliphatic carbocycles. The van der Waals surface area contributed by atoms with Crippen LogP contribution in [0, 0.1) is 6.92 Å². The van der Waals surface area contributed by atoms with E-state index in [1.54, 1.807) is 19.9 Å². The number of anilines is 1. The third kappa shape index (κ3) is 4.36. The number of rotatable bonds is 5. The van der Waals surface area contributed by atoms with Gasteiger partial charge in [-0.2, -0.15) is 13.2 Å². The monoisotopic (exact) mass is 406 g/mol. The van der Waals surface area contributed by atoms with Crippen molar-refractivity contribution in [3.05, 3.63) is 53.3 Å². The van der Waals surface area contributed by atoms with Gasteiger partial charge in [-0.05, 0) is 32.0 Å². The van der Waals surface area contributed by atoms with Gasteiger partial charge in [0.25, 0.3) is 11.6 Å². The number of amides is 2. The first-order valence-electron chi connectivity index (χ1n) is 8.68. The lowest BCUT2D eigenvalue weighted by atomic mass is 10.1. The van der Waals surface area contributed by atoms with E-state index < -0.39 is 30.1 Å². The van der Waals surface area contributed by atoms with E-state index in [4.69, 9.17) is 4.52 Å². The Morgan fingerprint density at radius 1 is 1.24 bits per heavy atom. The summed E-state index contributed by atoms with van der Waals surface area (Å²) in [5, 5.41) is 6.56. The highest BCUT2D eigenvalue weighted by molar-refractivity contribution is 6.01. The van der Waals surface area contributed by atoms with Crippen LogP contribution in [0.25, 0.3) is 11.1 Å². The molecule has 0 unspecified atom stereocenters. The van der Waals surface area contributed by atoms with Gasteiger partial charge in [-0.25, -0.2) is 4.98 Å². The first-order chi connectivity index (χ1) is 13.7. The van der Waals surface area contributed by atoms with Crippen molar-refractivity contribution in [3.8, 4) is 0 Å². The summed E-state index contributed by atoms with van der Waals surface area (Å²) in [6, 6.07) is 6.20. The van der Waals surface area contributed by atoms with Gasteiger partial charge in [-0.15, -0.1) is 0 Å². The van der Waals surface area contributed by atoms with Crippen LogP contribution in [-0.2, 0) is 11.0 Å². The predicted molar refractivity (Wildman–Crippen MR) is 98.2 cm³/mol. The highest BCUT2D eigenvalue weighted by Gasteiger charge is 2.33. The van der Waals surface area contributed by atoms with Crippen LogP contribution >= 0.6 is 0 Å². The van der Waals surface area contributed by atoms with Crippen LogP contribution < -0.4 is 5.32 Å². The SMILES string of the molecule is CCN(CC(=O)Nc1ccccc1C(F)(F)F)C(=O)c1cnc2onc(C)c2c1. The van der Waals surface area contributed by atoms with E-state index in [2.05, 4.69) is 15.5 Å². The molecule has 0 bridgehead atoms. The number of alkyl halides is 3. The summed E-state index contributed by atoms with van der Waals surface area (Å²) in [4.78, 5) is 30.3. The maximum absolute atomic E-state index is 13.1. The molecule has 1 N–H and O–H groups in total. The second-order valence-corrected chi connectivity index (χ2v) is 6.26. The standard InChI is InChI=1S/C19H17F3N4O3/c1-3-26(18(28)12-8-13-11(2)25-29-17(13)23-9-12)10-16(27)24-15-7-5-4-6-14(15)19(20,21)22/h4-9H,3,10H2,1-2H3,(H,24,27). The number of pyridine rings is 1. The lowest BCUT2D eigenvalue weighted by Gasteiger charge is -2.21. The van der Waals surface area contributed by atoms with E-state index in [0.29, 0.717) is 11.1 Å². The van der Waals surface area contributed by atoms with E-state index in [-0.39, 0.29) is 23.5 Å². The number of benzene rings is 1. The molecule has 3 rings (SSSR count). The minimum atomic E-state index is -4.61. The number of nitrogens with zero attached hydrogens (tertiary/aromatic N) is 3. The zero-order valence-electron chi connectivity index (χ0n) is 15.6. The minimum Gasteiger partial charge on any atom is -0.336 e. The number of aryl methyl sites for hydroxylation is 1. The van der Waals surface area contributed by atoms with Crippen LogP contribution in [0.5, 0.6) is 0 Å². The molecule has 1 aromatic carbocycles. The third-order valence-electron chi connectivity index (χ3n) is 4.27. The summed E-state index contributed by atoms with van der Waals surface area (Å²) in [6.45, 7) is 3.12. The van der Waals surface area contributed by atoms with Crippen molar-refractivity contribution in [2.24, 2.45) is 0 Å². The quantitative estimate of drug-likeness (QED) is 0.699. The highest BCUT2D eigenvalue weighted by Crippen LogP contribution is 2.34. The van der Waals surface area contributed by atoms with E-state index >= 15 is 0 Å². The summed E-state index contributed by atoms with van der Waals surface area (Å²) in [5.74, 6) is -1.23. The van der Waals surface area contributed by atoms with Gasteiger partial charge in [0.1, 0.15) is 6.54 Å². The Balaban J connectivity index is 1.76. The maximum atomic E-state index is 13.1. The maximum Gasteiger partial charge on any atom is 0.418 e. The molecule has 0 saturated carbocycles. The number of hydrogen-bond acceptors (Lipinski definition) is 5. The number of halogens is 3. The zero-order chi connectivity index (χ0) is 21.2. The molecule has 0 aliphatic rings. The second kappa shape index (κ2) is 7.90. The molecule has 7 nitrogen and oxygen atoms in total. The van der Waals surface area contributed by atoms with Crippen molar-refractivity contribution >= 4 is 28.6 Å². The molecule has 152 valence electrons. The molecule has 10 heteroatoms. The average Bonchev–Trinajstić information content (AvgIpc) is 3.05. The van der Waals surface area contributed by atoms with E-state index in [1.807, 2.05) is 0 Å². The molecule has 0 atom stereocenters. The van der Waals surface area contributed by atoms with Gasteiger partial charge in [0.2, 0.25) is 5.91 Å². The van der Waals surface area contributed by atoms with E-state index in [0.717, 1.165) is 12.1 Å². The van der Waals surface area contributed by atoms with Crippen molar-refractivity contribution in [2.45, 2.75) is 20.0 Å². The molecular weight excluding hydrogens is 389 g/mol. The molecule has 0 fully saturated rings. The van der Waals surface area contributed by atoms with Gasteiger partial charge >= 0.3 is 6.18 Å². The molecule has 29 heavy (non-hydrogen) atoms. The fraction of sp³-hybridized carbons (Fsp3) is 0.263. The third-order valence-corrected chi connectivity index (χ3v) is 4.27. The fourth-order valence-electron chi connectivity index (χ4n) is 2.77. The molecule has 2 heterocycles. The predicted octanol–water partition coefficient (Wildman–Crippen LogP) is 3.65. The lowest BCUT2D eigenvalue weighted by Crippen LogP contribution is -2.38. The Bertz CT molecular complexity index is 1060. The molecule has 2 amide bonds. The number of carbonyl (C=O) groups is 2. The van der Waals surface area contributed by atoms with Crippen LogP contribution in [0.4, 0.5) is 18.9 Å². The average molecular weight is 406 g/mol.